The van der Waals surface area contributed by atoms with Crippen molar-refractivity contribution in [2.24, 2.45) is 0 Å². The minimum absolute atomic E-state index is 0.0982. The fourth-order valence-corrected chi connectivity index (χ4v) is 6.04. The van der Waals surface area contributed by atoms with Crippen LogP contribution in [0.3, 0.4) is 0 Å². The first kappa shape index (κ1) is 22.3. The number of nitrogens with one attached hydrogen (secondary N) is 1. The quantitative estimate of drug-likeness (QED) is 0.720. The molecule has 4 aliphatic heterocycles. The van der Waals surface area contributed by atoms with Gasteiger partial charge in [0.15, 0.2) is 5.01 Å². The molecule has 4 aliphatic rings. The van der Waals surface area contributed by atoms with Crippen molar-refractivity contribution < 1.29 is 14.3 Å². The van der Waals surface area contributed by atoms with Crippen LogP contribution in [-0.4, -0.2) is 75.5 Å². The molecule has 4 fully saturated rings. The van der Waals surface area contributed by atoms with Gasteiger partial charge in [0.1, 0.15) is 11.5 Å². The topological polar surface area (TPSA) is 87.7 Å². The molecule has 33 heavy (non-hydrogen) atoms. The van der Waals surface area contributed by atoms with Crippen molar-refractivity contribution in [2.75, 3.05) is 25.0 Å². The highest BCUT2D eigenvalue weighted by Gasteiger charge is 2.41. The molecule has 6 heterocycles. The average molecular weight is 470 g/mol. The van der Waals surface area contributed by atoms with E-state index < -0.39 is 0 Å². The summed E-state index contributed by atoms with van der Waals surface area (Å²) in [6.07, 6.45) is 5.05. The van der Waals surface area contributed by atoms with Crippen LogP contribution in [0.2, 0.25) is 0 Å². The highest BCUT2D eigenvalue weighted by molar-refractivity contribution is 7.17. The fraction of sp³-hybridized carbons (Fsp3) is 0.583. The number of piperidine rings is 1. The predicted octanol–water partition coefficient (Wildman–Crippen LogP) is 3.57. The molecule has 2 aromatic heterocycles. The van der Waals surface area contributed by atoms with Crippen LogP contribution < -0.4 is 5.32 Å². The lowest BCUT2D eigenvalue weighted by atomic mass is 9.99. The number of hydrogen-bond donors (Lipinski definition) is 1. The van der Waals surface area contributed by atoms with E-state index in [1.165, 1.54) is 11.3 Å². The Morgan fingerprint density at radius 3 is 2.58 bits per heavy atom. The van der Waals surface area contributed by atoms with Gasteiger partial charge in [0.05, 0.1) is 17.1 Å². The molecule has 2 amide bonds. The second-order valence-electron chi connectivity index (χ2n) is 9.70. The van der Waals surface area contributed by atoms with Crippen LogP contribution >= 0.6 is 11.3 Å². The first-order valence-corrected chi connectivity index (χ1v) is 12.6. The normalized spacial score (nSPS) is 24.2. The minimum atomic E-state index is -0.114. The lowest BCUT2D eigenvalue weighted by Gasteiger charge is -2.46. The van der Waals surface area contributed by atoms with Crippen LogP contribution in [0.1, 0.15) is 65.9 Å². The van der Waals surface area contributed by atoms with E-state index in [1.54, 1.807) is 6.20 Å². The van der Waals surface area contributed by atoms with Crippen molar-refractivity contribution in [2.45, 2.75) is 71.2 Å². The first-order valence-electron chi connectivity index (χ1n) is 11.8. The van der Waals surface area contributed by atoms with Crippen molar-refractivity contribution in [1.82, 2.24) is 19.8 Å². The van der Waals surface area contributed by atoms with E-state index in [9.17, 15) is 9.59 Å². The Balaban J connectivity index is 1.51. The van der Waals surface area contributed by atoms with Gasteiger partial charge in [-0.05, 0) is 52.2 Å². The standard InChI is InChI=1S/C24H31N5O3S/c1-13(2)26-19-8-14(3)18(10-25-19)21-20(23(30)29-7-5-6-15(29)4)27-22(33-21)24(31)28-11-16-9-17(12-28)32-16/h8,10,13,15-17H,5-7,9,11-12H2,1-4H3,(H,25,26)/t15-,16?,17?/m0/s1. The van der Waals surface area contributed by atoms with E-state index in [0.717, 1.165) is 47.6 Å². The number of rotatable bonds is 5. The van der Waals surface area contributed by atoms with E-state index in [4.69, 9.17) is 4.74 Å². The zero-order chi connectivity index (χ0) is 23.3. The lowest BCUT2D eigenvalue weighted by Crippen LogP contribution is -2.58. The molecule has 1 N–H and O–H groups in total. The fourth-order valence-electron chi connectivity index (χ4n) is 4.94. The van der Waals surface area contributed by atoms with Crippen LogP contribution in [0.5, 0.6) is 0 Å². The average Bonchev–Trinajstić information content (AvgIpc) is 3.38. The number of carbonyl (C=O) groups is 2. The number of thiazole rings is 1. The molecule has 0 aromatic carbocycles. The number of morpholine rings is 1. The summed E-state index contributed by atoms with van der Waals surface area (Å²) in [5.74, 6) is 0.580. The summed E-state index contributed by atoms with van der Waals surface area (Å²) in [5.41, 5.74) is 2.21. The van der Waals surface area contributed by atoms with Gasteiger partial charge in [0.2, 0.25) is 0 Å². The van der Waals surface area contributed by atoms with E-state index in [1.807, 2.05) is 22.8 Å². The van der Waals surface area contributed by atoms with Gasteiger partial charge in [-0.1, -0.05) is 0 Å². The van der Waals surface area contributed by atoms with E-state index in [2.05, 4.69) is 36.1 Å². The zero-order valence-corrected chi connectivity index (χ0v) is 20.4. The second kappa shape index (κ2) is 8.68. The van der Waals surface area contributed by atoms with Gasteiger partial charge >= 0.3 is 0 Å². The number of amides is 2. The van der Waals surface area contributed by atoms with E-state index in [-0.39, 0.29) is 36.1 Å². The van der Waals surface area contributed by atoms with Crippen LogP contribution in [0.4, 0.5) is 5.82 Å². The summed E-state index contributed by atoms with van der Waals surface area (Å²) in [6, 6.07) is 2.43. The van der Waals surface area contributed by atoms with Crippen LogP contribution in [0.15, 0.2) is 12.3 Å². The summed E-state index contributed by atoms with van der Waals surface area (Å²) in [7, 11) is 0. The molecule has 0 aliphatic carbocycles. The molecule has 8 nitrogen and oxygen atoms in total. The molecular weight excluding hydrogens is 438 g/mol. The number of pyridine rings is 1. The van der Waals surface area contributed by atoms with Crippen LogP contribution in [-0.2, 0) is 4.74 Å². The van der Waals surface area contributed by atoms with Gasteiger partial charge in [-0.25, -0.2) is 9.97 Å². The number of carbonyl (C=O) groups excluding carboxylic acids is 2. The third-order valence-electron chi connectivity index (χ3n) is 6.66. The SMILES string of the molecule is Cc1cc(NC(C)C)ncc1-c1sc(C(=O)N2CC3CC(C2)O3)nc1C(=O)N1CCC[C@@H]1C. The Morgan fingerprint density at radius 1 is 1.24 bits per heavy atom. The Hall–Kier alpha value is -2.52. The first-order chi connectivity index (χ1) is 15.8. The Kier molecular flexibility index (Phi) is 5.86. The maximum Gasteiger partial charge on any atom is 0.283 e. The highest BCUT2D eigenvalue weighted by Crippen LogP contribution is 2.36. The van der Waals surface area contributed by atoms with Gasteiger partial charge in [-0.2, -0.15) is 0 Å². The predicted molar refractivity (Wildman–Crippen MR) is 128 cm³/mol. The van der Waals surface area contributed by atoms with E-state index >= 15 is 0 Å². The van der Waals surface area contributed by atoms with Crippen LogP contribution in [0.25, 0.3) is 10.4 Å². The molecule has 176 valence electrons. The molecule has 2 aromatic rings. The number of aromatic nitrogens is 2. The molecule has 2 unspecified atom stereocenters. The zero-order valence-electron chi connectivity index (χ0n) is 19.6. The van der Waals surface area contributed by atoms with Crippen molar-refractivity contribution >= 4 is 29.0 Å². The molecule has 6 rings (SSSR count). The van der Waals surface area contributed by atoms with Crippen molar-refractivity contribution in [3.05, 3.63) is 28.5 Å². The Bertz CT molecular complexity index is 1070. The summed E-state index contributed by atoms with van der Waals surface area (Å²) in [5, 5.41) is 3.68. The number of likely N-dealkylation sites (tertiary alicyclic amines) is 1. The van der Waals surface area contributed by atoms with Crippen LogP contribution in [0, 0.1) is 6.92 Å². The van der Waals surface area contributed by atoms with Gasteiger partial charge in [0.25, 0.3) is 11.8 Å². The van der Waals surface area contributed by atoms with Gasteiger partial charge in [0, 0.05) is 49.9 Å². The smallest absolute Gasteiger partial charge is 0.283 e. The monoisotopic (exact) mass is 469 g/mol. The number of ether oxygens (including phenoxy) is 1. The Morgan fingerprint density at radius 2 is 1.97 bits per heavy atom. The maximum absolute atomic E-state index is 13.5. The molecule has 0 radical (unpaired) electrons. The van der Waals surface area contributed by atoms with Gasteiger partial charge in [-0.3, -0.25) is 9.59 Å². The molecule has 9 heteroatoms. The largest absolute Gasteiger partial charge is 0.371 e. The number of fused-ring (bicyclic) bond motifs is 2. The maximum atomic E-state index is 13.5. The third-order valence-corrected chi connectivity index (χ3v) is 7.74. The van der Waals surface area contributed by atoms with Gasteiger partial charge in [-0.15, -0.1) is 11.3 Å². The van der Waals surface area contributed by atoms with Crippen molar-refractivity contribution in [3.63, 3.8) is 0 Å². The molecule has 0 saturated carbocycles. The highest BCUT2D eigenvalue weighted by atomic mass is 32.1. The van der Waals surface area contributed by atoms with Crippen molar-refractivity contribution in [1.29, 1.82) is 0 Å². The number of anilines is 1. The molecule has 4 saturated heterocycles. The second-order valence-corrected chi connectivity index (χ2v) is 10.7. The minimum Gasteiger partial charge on any atom is -0.371 e. The number of nitrogens with zero attached hydrogens (tertiary/aromatic N) is 4. The van der Waals surface area contributed by atoms with E-state index in [0.29, 0.717) is 23.8 Å². The van der Waals surface area contributed by atoms with Gasteiger partial charge < -0.3 is 19.9 Å². The molecule has 0 spiro atoms. The third kappa shape index (κ3) is 4.24. The lowest BCUT2D eigenvalue weighted by molar-refractivity contribution is -0.171. The summed E-state index contributed by atoms with van der Waals surface area (Å²) in [4.78, 5) is 40.5. The molecule has 3 atom stereocenters. The summed E-state index contributed by atoms with van der Waals surface area (Å²) < 4.78 is 5.68. The number of aryl methyl sites for hydroxylation is 1. The summed E-state index contributed by atoms with van der Waals surface area (Å²) >= 11 is 1.30. The van der Waals surface area contributed by atoms with Crippen molar-refractivity contribution in [3.8, 4) is 10.4 Å². The molecule has 2 bridgehead atoms. The number of hydrogen-bond acceptors (Lipinski definition) is 7. The molecular formula is C24H31N5O3S. The summed E-state index contributed by atoms with van der Waals surface area (Å²) in [6.45, 7) is 10.1. The Labute approximate surface area is 198 Å².